The van der Waals surface area contributed by atoms with Gasteiger partial charge in [0, 0.05) is 35.2 Å². The molecule has 724 valence electrons. The van der Waals surface area contributed by atoms with E-state index >= 15 is 0 Å². The van der Waals surface area contributed by atoms with Crippen molar-refractivity contribution in [2.75, 3.05) is 33.5 Å². The van der Waals surface area contributed by atoms with Crippen LogP contribution in [0.4, 0.5) is 0 Å². The summed E-state index contributed by atoms with van der Waals surface area (Å²) in [5.74, 6) is -1.47. The van der Waals surface area contributed by atoms with Crippen molar-refractivity contribution >= 4 is 20.4 Å². The van der Waals surface area contributed by atoms with E-state index in [-0.39, 0.29) is 101 Å². The Hall–Kier alpha value is -4.49. The molecule has 0 bridgehead atoms. The van der Waals surface area contributed by atoms with Crippen LogP contribution in [-0.4, -0.2) is 195 Å². The summed E-state index contributed by atoms with van der Waals surface area (Å²) in [5.41, 5.74) is 12.6. The first-order valence-corrected chi connectivity index (χ1v) is 52.5. The highest BCUT2D eigenvalue weighted by Gasteiger charge is 2.72. The molecule has 5 aliphatic carbocycles. The van der Waals surface area contributed by atoms with E-state index in [1.807, 2.05) is 108 Å². The Kier molecular flexibility index (Phi) is 31.4. The molecule has 7 aliphatic heterocycles. The number of fused-ring (bicyclic) bond motifs is 8. The van der Waals surface area contributed by atoms with Gasteiger partial charge in [0.25, 0.3) is 0 Å². The summed E-state index contributed by atoms with van der Waals surface area (Å²) in [7, 11) is -0.368. The monoisotopic (exact) mass is 1830 g/mol. The van der Waals surface area contributed by atoms with E-state index < -0.39 is 160 Å². The molecule has 0 radical (unpaired) electrons. The van der Waals surface area contributed by atoms with Gasteiger partial charge in [0.2, 0.25) is 0 Å². The molecule has 38 atom stereocenters. The Labute approximate surface area is 777 Å². The number of carbonyl (C=O) groups excluding carboxylic acids is 2. The molecule has 3 aromatic rings. The number of hydrogen-bond acceptors (Lipinski definition) is 22. The summed E-state index contributed by atoms with van der Waals surface area (Å²) in [6.07, 6.45) is -2.64. The van der Waals surface area contributed by atoms with E-state index in [4.69, 9.17) is 89.7 Å². The lowest BCUT2D eigenvalue weighted by Crippen LogP contribution is -2.68. The second kappa shape index (κ2) is 40.9. The van der Waals surface area contributed by atoms with Crippen LogP contribution in [0, 0.1) is 97.6 Å². The summed E-state index contributed by atoms with van der Waals surface area (Å²) in [6, 6.07) is 32.4. The summed E-state index contributed by atoms with van der Waals surface area (Å²) < 4.78 is 136. The first-order valence-electron chi connectivity index (χ1n) is 49.9. The maximum Gasteiger partial charge on any atom is 0.192 e. The second-order valence-corrected chi connectivity index (χ2v) is 48.8. The average Bonchev–Trinajstić information content (AvgIpc) is 0.775. The molecule has 130 heavy (non-hydrogen) atoms. The van der Waals surface area contributed by atoms with E-state index in [0.29, 0.717) is 44.7 Å². The topological polar surface area (TPSA) is 258 Å². The van der Waals surface area contributed by atoms with Gasteiger partial charge in [0.1, 0.15) is 49.0 Å². The summed E-state index contributed by atoms with van der Waals surface area (Å²) in [4.78, 5) is 32.7. The van der Waals surface area contributed by atoms with Gasteiger partial charge in [-0.1, -0.05) is 232 Å². The molecule has 0 amide bonds. The Balaban J connectivity index is 0.710. The number of ketones is 1. The lowest BCUT2D eigenvalue weighted by Gasteiger charge is -2.72. The molecule has 0 aromatic heterocycles. The van der Waals surface area contributed by atoms with Crippen LogP contribution in [0.15, 0.2) is 108 Å². The largest absolute Gasteiger partial charge is 0.408 e. The standard InChI is InChI=1S/C105H159N3O21Si/c1-24-76-63(7)64(8)88(129-130(25-2,26-3)27-4)96(119-76)126-91-86(123-93-65(9)62(6)61(5)53-115-93)67(11)84(69(13)110)122-97(91)121-81-46-47-101(19)79(102(81,20)59-109)45-48-103(21)80(101)44-43-74-75-51-99(15,16)49-50-105(75,82(111-23)52-104(74,103)22)60-117-95-87(66(10)83(107-108-106)77(120-95)57-112-54-71-37-31-28-32-38-71)124-98-92-90(127-100(17,18)128-92)89(70(14)118-98)125-94-68(12)85(114-56-73-41-35-30-36-42-73)78(58-116-94)113-55-72-39-33-29-34-40-72/h28-43,59,61-68,70,75-98H,24-27,44-58,60H2,1-23H3/t61-,62-,63+,64+,65?,66?,67-,68?,70?,75?,76?,77?,78-,79-,80?,81+,82?,83-,84?,85?,86+,87?,88?,89+,90?,91?,92?,93+,94+,95-,96+,97-,98+,101?,102-,103+,104-,105-/m1/s1. The first kappa shape index (κ1) is 100.0. The highest BCUT2D eigenvalue weighted by atomic mass is 28.4. The molecule has 12 aliphatic rings. The Morgan fingerprint density at radius 1 is 0.554 bits per heavy atom. The molecule has 11 fully saturated rings. The van der Waals surface area contributed by atoms with Gasteiger partial charge in [-0.15, -0.1) is 0 Å². The summed E-state index contributed by atoms with van der Waals surface area (Å²) in [5, 5.41) is 4.51. The number of azide groups is 1. The van der Waals surface area contributed by atoms with Crippen LogP contribution >= 0.6 is 0 Å². The van der Waals surface area contributed by atoms with Crippen LogP contribution < -0.4 is 0 Å². The van der Waals surface area contributed by atoms with Crippen molar-refractivity contribution in [2.45, 2.75) is 396 Å². The van der Waals surface area contributed by atoms with Crippen molar-refractivity contribution < 1.29 is 99.3 Å². The van der Waals surface area contributed by atoms with E-state index in [9.17, 15) is 15.1 Å². The Morgan fingerprint density at radius 2 is 1.16 bits per heavy atom. The average molecular weight is 1830 g/mol. The van der Waals surface area contributed by atoms with E-state index in [1.165, 1.54) is 11.9 Å². The molecule has 15 rings (SSSR count). The maximum atomic E-state index is 15.0. The van der Waals surface area contributed by atoms with Crippen LogP contribution in [0.2, 0.25) is 18.1 Å². The van der Waals surface area contributed by atoms with Crippen molar-refractivity contribution in [1.82, 2.24) is 0 Å². The quantitative estimate of drug-likeness (QED) is 0.0104. The molecule has 17 unspecified atom stereocenters. The van der Waals surface area contributed by atoms with E-state index in [2.05, 4.69) is 151 Å². The van der Waals surface area contributed by atoms with E-state index in [0.717, 1.165) is 92.6 Å². The van der Waals surface area contributed by atoms with Crippen LogP contribution in [0.25, 0.3) is 10.4 Å². The van der Waals surface area contributed by atoms with Crippen molar-refractivity contribution in [3.8, 4) is 0 Å². The van der Waals surface area contributed by atoms with Gasteiger partial charge in [-0.05, 0) is 201 Å². The lowest BCUT2D eigenvalue weighted by atomic mass is 9.33. The zero-order chi connectivity index (χ0) is 93.0. The fourth-order valence-corrected chi connectivity index (χ4v) is 29.6. The number of carbonyl (C=O) groups is 2. The van der Waals surface area contributed by atoms with Crippen LogP contribution in [0.3, 0.4) is 0 Å². The van der Waals surface area contributed by atoms with E-state index in [1.54, 1.807) is 6.92 Å². The zero-order valence-corrected chi connectivity index (χ0v) is 83.4. The van der Waals surface area contributed by atoms with Crippen LogP contribution in [0.1, 0.15) is 233 Å². The molecule has 25 heteroatoms. The number of allylic oxidation sites excluding steroid dienone is 2. The molecule has 3 aromatic carbocycles. The summed E-state index contributed by atoms with van der Waals surface area (Å²) >= 11 is 0. The molecule has 0 N–H and O–H groups in total. The van der Waals surface area contributed by atoms with Gasteiger partial charge in [-0.2, -0.15) is 0 Å². The Morgan fingerprint density at radius 3 is 1.80 bits per heavy atom. The highest BCUT2D eigenvalue weighted by molar-refractivity contribution is 6.73. The minimum atomic E-state index is -2.26. The van der Waals surface area contributed by atoms with Crippen molar-refractivity contribution in [3.63, 3.8) is 0 Å². The van der Waals surface area contributed by atoms with Crippen molar-refractivity contribution in [2.24, 2.45) is 103 Å². The smallest absolute Gasteiger partial charge is 0.192 e. The Bertz CT molecular complexity index is 4290. The SMILES string of the molecule is CCC1O[C@@H](OC2[C@H](O[C@H]3CCC4(C)C5CC=C6C7CC(C)(C)CC[C@]7(CO[C@@H]7OC(COCc8ccccc8)[C@H](N=[N+]=[N-])C(C)C7O[C@@H]7OC(C)[C@H](O[C@@H]8OC[C@@H](OCc9ccccc9)C(OCc9ccccc9)C8C)C8OC(C)(C)OC87)C(OC)C[C@@]6(C)[C@@]5(C)CC[C@H]4[C@@]3(C)C=O)OC(C(C)=O)[C@@H](C)[C@@H]2O[C@@H]2OC[C@@H](C)[C@@H](C)C2C)C(O[Si](CC)(CC)CC)[C@@H](C)[C@@H]1C. The fourth-order valence-electron chi connectivity index (χ4n) is 26.7. The molecule has 24 nitrogen and oxygen atoms in total. The number of ether oxygens (including phenoxy) is 18. The van der Waals surface area contributed by atoms with Gasteiger partial charge >= 0.3 is 0 Å². The third-order valence-corrected chi connectivity index (χ3v) is 40.3. The lowest BCUT2D eigenvalue weighted by molar-refractivity contribution is -0.376. The molecule has 4 saturated carbocycles. The van der Waals surface area contributed by atoms with Crippen molar-refractivity contribution in [1.29, 1.82) is 0 Å². The first-order chi connectivity index (χ1) is 62.0. The molecular weight excluding hydrogens is 1670 g/mol. The van der Waals surface area contributed by atoms with Gasteiger partial charge in [0.15, 0.2) is 57.6 Å². The normalized spacial score (nSPS) is 44.6. The maximum absolute atomic E-state index is 15.0. The third kappa shape index (κ3) is 19.5. The fraction of sp³-hybridized carbons (Fsp3) is 0.790. The number of hydrogen-bond donors (Lipinski definition) is 0. The molecule has 7 saturated heterocycles. The van der Waals surface area contributed by atoms with Crippen LogP contribution in [-0.2, 0) is 119 Å². The second-order valence-electron chi connectivity index (χ2n) is 44.1. The number of benzene rings is 3. The number of aldehydes is 1. The van der Waals surface area contributed by atoms with Gasteiger partial charge in [-0.25, -0.2) is 0 Å². The van der Waals surface area contributed by atoms with Gasteiger partial charge < -0.3 is 94.5 Å². The molecule has 0 spiro atoms. The number of rotatable bonds is 33. The molecular formula is C105H159N3O21Si. The minimum absolute atomic E-state index is 0.0299. The number of nitrogens with zero attached hydrogens (tertiary/aromatic N) is 3. The van der Waals surface area contributed by atoms with Gasteiger partial charge in [0.05, 0.1) is 107 Å². The van der Waals surface area contributed by atoms with Crippen LogP contribution in [0.5, 0.6) is 0 Å². The predicted octanol–water partition coefficient (Wildman–Crippen LogP) is 20.2. The number of methoxy groups -OCH3 is 1. The highest BCUT2D eigenvalue weighted by Crippen LogP contribution is 2.76. The molecule has 7 heterocycles. The van der Waals surface area contributed by atoms with Gasteiger partial charge in [-0.3, -0.25) is 4.79 Å². The van der Waals surface area contributed by atoms with Crippen molar-refractivity contribution in [3.05, 3.63) is 130 Å². The summed E-state index contributed by atoms with van der Waals surface area (Å²) in [6.45, 7) is 50.5. The minimum Gasteiger partial charge on any atom is -0.408 e. The zero-order valence-electron chi connectivity index (χ0n) is 82.4. The predicted molar refractivity (Wildman–Crippen MR) is 495 cm³/mol. The third-order valence-electron chi connectivity index (χ3n) is 35.7. The number of Topliss-reactive ketones (excluding diaryl/α,β-unsaturated/α-hetero) is 1.